The zero-order chi connectivity index (χ0) is 11.9. The van der Waals surface area contributed by atoms with Crippen molar-refractivity contribution in [3.63, 3.8) is 0 Å². The third-order valence-corrected chi connectivity index (χ3v) is 2.49. The zero-order valence-corrected chi connectivity index (χ0v) is 8.61. The normalized spacial score (nSPS) is 18.1. The number of hydrogen-bond donors (Lipinski definition) is 0. The van der Waals surface area contributed by atoms with Crippen LogP contribution in [0.15, 0.2) is 23.1 Å². The van der Waals surface area contributed by atoms with Crippen molar-refractivity contribution in [1.82, 2.24) is 9.47 Å². The molecule has 1 aromatic rings. The lowest BCUT2D eigenvalue weighted by Crippen LogP contribution is -2.59. The first-order valence-corrected chi connectivity index (χ1v) is 4.73. The van der Waals surface area contributed by atoms with E-state index in [0.717, 1.165) is 4.90 Å². The van der Waals surface area contributed by atoms with Crippen molar-refractivity contribution >= 4 is 5.91 Å². The number of aromatic nitrogens is 1. The molecule has 1 aliphatic rings. The molecule has 0 atom stereocenters. The highest BCUT2D eigenvalue weighted by Gasteiger charge is 2.46. The molecule has 1 aliphatic heterocycles. The summed E-state index contributed by atoms with van der Waals surface area (Å²) in [6.45, 7) is -1.21. The second-order valence-electron chi connectivity index (χ2n) is 3.86. The monoisotopic (exact) mass is 228 g/mol. The molecule has 4 nitrogen and oxygen atoms in total. The average molecular weight is 228 g/mol. The Morgan fingerprint density at radius 3 is 2.62 bits per heavy atom. The highest BCUT2D eigenvalue weighted by molar-refractivity contribution is 5.94. The Labute approximate surface area is 90.1 Å². The van der Waals surface area contributed by atoms with Gasteiger partial charge >= 0.3 is 0 Å². The van der Waals surface area contributed by atoms with Crippen LogP contribution in [0.3, 0.4) is 0 Å². The smallest absolute Gasteiger partial charge is 0.282 e. The molecule has 0 N–H and O–H groups in total. The van der Waals surface area contributed by atoms with Gasteiger partial charge in [-0.15, -0.1) is 0 Å². The molecule has 0 aliphatic carbocycles. The Hall–Kier alpha value is -1.72. The second-order valence-corrected chi connectivity index (χ2v) is 3.86. The molecule has 0 aromatic carbocycles. The van der Waals surface area contributed by atoms with Crippen LogP contribution in [0.5, 0.6) is 0 Å². The summed E-state index contributed by atoms with van der Waals surface area (Å²) in [4.78, 5) is 24.2. The van der Waals surface area contributed by atoms with Gasteiger partial charge in [-0.1, -0.05) is 0 Å². The molecule has 0 radical (unpaired) electrons. The number of likely N-dealkylation sites (tertiary alicyclic amines) is 1. The lowest BCUT2D eigenvalue weighted by atomic mass is 10.1. The van der Waals surface area contributed by atoms with E-state index >= 15 is 0 Å². The molecule has 1 amide bonds. The van der Waals surface area contributed by atoms with Gasteiger partial charge in [0.15, 0.2) is 0 Å². The van der Waals surface area contributed by atoms with Crippen molar-refractivity contribution in [3.05, 3.63) is 34.2 Å². The molecule has 1 saturated heterocycles. The largest absolute Gasteiger partial charge is 0.326 e. The van der Waals surface area contributed by atoms with E-state index in [-0.39, 0.29) is 5.56 Å². The SMILES string of the molecule is Cn1cccc(C(=O)N2CC(F)(F)C2)c1=O. The minimum absolute atomic E-state index is 0.0690. The fourth-order valence-corrected chi connectivity index (χ4v) is 1.59. The van der Waals surface area contributed by atoms with Crippen molar-refractivity contribution in [3.8, 4) is 0 Å². The van der Waals surface area contributed by atoms with Gasteiger partial charge < -0.3 is 9.47 Å². The Morgan fingerprint density at radius 2 is 2.06 bits per heavy atom. The Morgan fingerprint density at radius 1 is 1.44 bits per heavy atom. The van der Waals surface area contributed by atoms with Crippen molar-refractivity contribution in [2.75, 3.05) is 13.1 Å². The predicted octanol–water partition coefficient (Wildman–Crippen LogP) is 0.476. The van der Waals surface area contributed by atoms with Crippen LogP contribution in [0.2, 0.25) is 0 Å². The molecular weight excluding hydrogens is 218 g/mol. The van der Waals surface area contributed by atoms with Gasteiger partial charge in [-0.2, -0.15) is 0 Å². The van der Waals surface area contributed by atoms with E-state index in [4.69, 9.17) is 0 Å². The van der Waals surface area contributed by atoms with Gasteiger partial charge in [0.05, 0.1) is 13.1 Å². The molecule has 0 saturated carbocycles. The van der Waals surface area contributed by atoms with Crippen LogP contribution in [0.1, 0.15) is 10.4 Å². The van der Waals surface area contributed by atoms with E-state index in [1.54, 1.807) is 0 Å². The maximum Gasteiger partial charge on any atom is 0.282 e. The minimum atomic E-state index is -2.81. The number of amides is 1. The molecule has 16 heavy (non-hydrogen) atoms. The van der Waals surface area contributed by atoms with Crippen LogP contribution < -0.4 is 5.56 Å². The number of carbonyl (C=O) groups is 1. The third kappa shape index (κ3) is 1.70. The Balaban J connectivity index is 2.23. The van der Waals surface area contributed by atoms with E-state index in [1.165, 1.54) is 29.9 Å². The summed E-state index contributed by atoms with van der Waals surface area (Å²) in [5.41, 5.74) is -0.539. The topological polar surface area (TPSA) is 42.3 Å². The van der Waals surface area contributed by atoms with Crippen LogP contribution in [-0.2, 0) is 7.05 Å². The summed E-state index contributed by atoms with van der Waals surface area (Å²) < 4.78 is 26.4. The summed E-state index contributed by atoms with van der Waals surface area (Å²) in [5.74, 6) is -3.44. The first kappa shape index (κ1) is 10.8. The lowest BCUT2D eigenvalue weighted by Gasteiger charge is -2.38. The first-order chi connectivity index (χ1) is 7.41. The summed E-state index contributed by atoms with van der Waals surface area (Å²) >= 11 is 0. The van der Waals surface area contributed by atoms with E-state index in [0.29, 0.717) is 0 Å². The molecule has 1 aromatic heterocycles. The van der Waals surface area contributed by atoms with E-state index in [9.17, 15) is 18.4 Å². The number of hydrogen-bond acceptors (Lipinski definition) is 2. The number of aryl methyl sites for hydroxylation is 1. The van der Waals surface area contributed by atoms with Gasteiger partial charge in [0.25, 0.3) is 17.4 Å². The number of alkyl halides is 2. The van der Waals surface area contributed by atoms with Gasteiger partial charge in [-0.05, 0) is 12.1 Å². The zero-order valence-electron chi connectivity index (χ0n) is 8.61. The minimum Gasteiger partial charge on any atom is -0.326 e. The fraction of sp³-hybridized carbons (Fsp3) is 0.400. The molecular formula is C10H10F2N2O2. The van der Waals surface area contributed by atoms with Gasteiger partial charge in [-0.3, -0.25) is 9.59 Å². The van der Waals surface area contributed by atoms with Crippen molar-refractivity contribution in [2.24, 2.45) is 7.05 Å². The third-order valence-electron chi connectivity index (χ3n) is 2.49. The van der Waals surface area contributed by atoms with Crippen LogP contribution in [-0.4, -0.2) is 34.4 Å². The summed E-state index contributed by atoms with van der Waals surface area (Å²) in [7, 11) is 1.50. The lowest BCUT2D eigenvalue weighted by molar-refractivity contribution is -0.113. The fourth-order valence-electron chi connectivity index (χ4n) is 1.59. The highest BCUT2D eigenvalue weighted by atomic mass is 19.3. The second kappa shape index (κ2) is 3.40. The maximum atomic E-state index is 12.6. The van der Waals surface area contributed by atoms with Crippen molar-refractivity contribution < 1.29 is 13.6 Å². The van der Waals surface area contributed by atoms with Crippen molar-refractivity contribution in [2.45, 2.75) is 5.92 Å². The van der Waals surface area contributed by atoms with Gasteiger partial charge in [0, 0.05) is 13.2 Å². The number of nitrogens with zero attached hydrogens (tertiary/aromatic N) is 2. The summed E-state index contributed by atoms with van der Waals surface area (Å²) in [6.07, 6.45) is 1.50. The molecule has 1 fully saturated rings. The standard InChI is InChI=1S/C10H10F2N2O2/c1-13-4-2-3-7(8(13)15)9(16)14-5-10(11,12)6-14/h2-4H,5-6H2,1H3. The van der Waals surface area contributed by atoms with Gasteiger partial charge in [0.2, 0.25) is 0 Å². The number of carbonyl (C=O) groups excluding carboxylic acids is 1. The molecule has 6 heteroatoms. The summed E-state index contributed by atoms with van der Waals surface area (Å²) in [6, 6.07) is 2.88. The molecule has 2 heterocycles. The van der Waals surface area contributed by atoms with Gasteiger partial charge in [-0.25, -0.2) is 8.78 Å². The van der Waals surface area contributed by atoms with Crippen LogP contribution in [0.25, 0.3) is 0 Å². The van der Waals surface area contributed by atoms with Crippen LogP contribution >= 0.6 is 0 Å². The van der Waals surface area contributed by atoms with E-state index in [2.05, 4.69) is 0 Å². The van der Waals surface area contributed by atoms with Crippen LogP contribution in [0.4, 0.5) is 8.78 Å². The van der Waals surface area contributed by atoms with Crippen molar-refractivity contribution in [1.29, 1.82) is 0 Å². The first-order valence-electron chi connectivity index (χ1n) is 4.73. The van der Waals surface area contributed by atoms with E-state index in [1.807, 2.05) is 0 Å². The molecule has 86 valence electrons. The number of pyridine rings is 1. The van der Waals surface area contributed by atoms with Crippen LogP contribution in [0, 0.1) is 0 Å². The summed E-state index contributed by atoms with van der Waals surface area (Å²) in [5, 5.41) is 0. The van der Waals surface area contributed by atoms with Gasteiger partial charge in [0.1, 0.15) is 5.56 Å². The Kier molecular flexibility index (Phi) is 2.29. The average Bonchev–Trinajstić information content (AvgIpc) is 2.17. The predicted molar refractivity (Wildman–Crippen MR) is 52.5 cm³/mol. The molecule has 0 spiro atoms. The molecule has 0 bridgehead atoms. The number of rotatable bonds is 1. The number of halogens is 2. The maximum absolute atomic E-state index is 12.6. The molecule has 2 rings (SSSR count). The highest BCUT2D eigenvalue weighted by Crippen LogP contribution is 2.27. The Bertz CT molecular complexity index is 488. The quantitative estimate of drug-likeness (QED) is 0.701. The van der Waals surface area contributed by atoms with E-state index < -0.39 is 30.5 Å². The molecule has 0 unspecified atom stereocenters.